The number of ether oxygens (including phenoxy) is 1. The Balaban J connectivity index is 2.63. The molecule has 1 aromatic rings. The summed E-state index contributed by atoms with van der Waals surface area (Å²) in [6.07, 6.45) is 4.77. The van der Waals surface area contributed by atoms with Crippen LogP contribution in [0, 0.1) is 0 Å². The number of carbonyl (C=O) groups is 2. The molecular formula is C15H20O3. The lowest BCUT2D eigenvalue weighted by atomic mass is 10.0. The Bertz CT molecular complexity index is 410. The Hall–Kier alpha value is -1.64. The van der Waals surface area contributed by atoms with Gasteiger partial charge in [0, 0.05) is 13.3 Å². The molecule has 0 aliphatic carbocycles. The average Bonchev–Trinajstić information content (AvgIpc) is 2.34. The number of benzene rings is 1. The number of hydrogen-bond acceptors (Lipinski definition) is 3. The topological polar surface area (TPSA) is 43.4 Å². The summed E-state index contributed by atoms with van der Waals surface area (Å²) >= 11 is 0. The zero-order valence-electron chi connectivity index (χ0n) is 11.1. The van der Waals surface area contributed by atoms with Gasteiger partial charge < -0.3 is 4.74 Å². The monoisotopic (exact) mass is 248 g/mol. The molecule has 0 N–H and O–H groups in total. The van der Waals surface area contributed by atoms with Crippen LogP contribution in [0.3, 0.4) is 0 Å². The Morgan fingerprint density at radius 1 is 1.11 bits per heavy atom. The molecule has 0 fully saturated rings. The molecule has 3 heteroatoms. The number of rotatable bonds is 7. The summed E-state index contributed by atoms with van der Waals surface area (Å²) in [7, 11) is 0. The lowest BCUT2D eigenvalue weighted by Crippen LogP contribution is -2.07. The van der Waals surface area contributed by atoms with Crippen LogP contribution in [0.4, 0.5) is 0 Å². The van der Waals surface area contributed by atoms with Crippen LogP contribution in [-0.4, -0.2) is 11.8 Å². The predicted octanol–water partition coefficient (Wildman–Crippen LogP) is 3.77. The van der Waals surface area contributed by atoms with Crippen LogP contribution in [-0.2, 0) is 4.79 Å². The zero-order chi connectivity index (χ0) is 13.4. The van der Waals surface area contributed by atoms with Crippen LogP contribution < -0.4 is 4.74 Å². The molecule has 0 saturated carbocycles. The van der Waals surface area contributed by atoms with Crippen molar-refractivity contribution < 1.29 is 14.3 Å². The molecule has 3 nitrogen and oxygen atoms in total. The van der Waals surface area contributed by atoms with Crippen LogP contribution in [0.1, 0.15) is 56.3 Å². The largest absolute Gasteiger partial charge is 0.426 e. The van der Waals surface area contributed by atoms with Gasteiger partial charge in [-0.3, -0.25) is 9.59 Å². The quantitative estimate of drug-likeness (QED) is 0.319. The van der Waals surface area contributed by atoms with Crippen molar-refractivity contribution in [2.75, 3.05) is 0 Å². The molecule has 0 aliphatic heterocycles. The van der Waals surface area contributed by atoms with Gasteiger partial charge in [-0.15, -0.1) is 0 Å². The fourth-order valence-corrected chi connectivity index (χ4v) is 1.79. The minimum atomic E-state index is -0.402. The smallest absolute Gasteiger partial charge is 0.308 e. The van der Waals surface area contributed by atoms with Crippen molar-refractivity contribution in [1.82, 2.24) is 0 Å². The Morgan fingerprint density at radius 2 is 1.83 bits per heavy atom. The molecule has 0 aliphatic rings. The third-order valence-corrected chi connectivity index (χ3v) is 2.70. The van der Waals surface area contributed by atoms with Crippen LogP contribution in [0.2, 0.25) is 0 Å². The molecule has 0 aromatic heterocycles. The van der Waals surface area contributed by atoms with Crippen LogP contribution in [0.25, 0.3) is 0 Å². The number of esters is 1. The molecule has 0 amide bonds. The number of unbranched alkanes of at least 4 members (excludes halogenated alkanes) is 3. The van der Waals surface area contributed by atoms with Crippen molar-refractivity contribution >= 4 is 11.8 Å². The van der Waals surface area contributed by atoms with Crippen LogP contribution in [0.5, 0.6) is 5.75 Å². The third-order valence-electron chi connectivity index (χ3n) is 2.70. The van der Waals surface area contributed by atoms with E-state index in [4.69, 9.17) is 4.74 Å². The van der Waals surface area contributed by atoms with E-state index >= 15 is 0 Å². The predicted molar refractivity (Wildman–Crippen MR) is 70.8 cm³/mol. The standard InChI is InChI=1S/C15H20O3/c1-3-4-5-6-10-14(17)13-9-7-8-11-15(13)18-12(2)16/h7-9,11H,3-6,10H2,1-2H3. The molecule has 1 aromatic carbocycles. The summed E-state index contributed by atoms with van der Waals surface area (Å²) < 4.78 is 5.03. The molecule has 0 spiro atoms. The highest BCUT2D eigenvalue weighted by atomic mass is 16.5. The van der Waals surface area contributed by atoms with Crippen molar-refractivity contribution in [2.24, 2.45) is 0 Å². The number of ketones is 1. The van der Waals surface area contributed by atoms with Crippen LogP contribution >= 0.6 is 0 Å². The molecule has 0 saturated heterocycles. The van der Waals surface area contributed by atoms with E-state index in [9.17, 15) is 9.59 Å². The van der Waals surface area contributed by atoms with E-state index in [1.807, 2.05) is 0 Å². The van der Waals surface area contributed by atoms with Gasteiger partial charge in [0.25, 0.3) is 0 Å². The van der Waals surface area contributed by atoms with E-state index in [1.54, 1.807) is 24.3 Å². The van der Waals surface area contributed by atoms with E-state index in [0.29, 0.717) is 17.7 Å². The average molecular weight is 248 g/mol. The first-order valence-electron chi connectivity index (χ1n) is 6.45. The van der Waals surface area contributed by atoms with E-state index in [0.717, 1.165) is 25.7 Å². The molecule has 98 valence electrons. The van der Waals surface area contributed by atoms with E-state index in [1.165, 1.54) is 6.92 Å². The second-order valence-corrected chi connectivity index (χ2v) is 4.32. The first-order valence-corrected chi connectivity index (χ1v) is 6.45. The third kappa shape index (κ3) is 4.70. The van der Waals surface area contributed by atoms with Crippen molar-refractivity contribution in [2.45, 2.75) is 46.0 Å². The Morgan fingerprint density at radius 3 is 2.50 bits per heavy atom. The fourth-order valence-electron chi connectivity index (χ4n) is 1.79. The molecule has 0 bridgehead atoms. The normalized spacial score (nSPS) is 10.1. The van der Waals surface area contributed by atoms with Gasteiger partial charge in [0.05, 0.1) is 5.56 Å². The summed E-state index contributed by atoms with van der Waals surface area (Å²) in [5.41, 5.74) is 0.504. The minimum absolute atomic E-state index is 0.0444. The highest BCUT2D eigenvalue weighted by molar-refractivity contribution is 5.99. The highest BCUT2D eigenvalue weighted by Crippen LogP contribution is 2.21. The van der Waals surface area contributed by atoms with Gasteiger partial charge in [-0.05, 0) is 18.6 Å². The zero-order valence-corrected chi connectivity index (χ0v) is 11.1. The van der Waals surface area contributed by atoms with Gasteiger partial charge in [-0.25, -0.2) is 0 Å². The van der Waals surface area contributed by atoms with Gasteiger partial charge in [0.2, 0.25) is 0 Å². The first-order chi connectivity index (χ1) is 8.65. The molecule has 0 heterocycles. The second-order valence-electron chi connectivity index (χ2n) is 4.32. The van der Waals surface area contributed by atoms with E-state index < -0.39 is 5.97 Å². The van der Waals surface area contributed by atoms with Gasteiger partial charge in [-0.1, -0.05) is 38.3 Å². The molecule has 18 heavy (non-hydrogen) atoms. The van der Waals surface area contributed by atoms with Gasteiger partial charge in [0.15, 0.2) is 5.78 Å². The molecule has 0 unspecified atom stereocenters. The lowest BCUT2D eigenvalue weighted by Gasteiger charge is -2.07. The molecule has 1 rings (SSSR count). The van der Waals surface area contributed by atoms with Crippen LogP contribution in [0.15, 0.2) is 24.3 Å². The second kappa shape index (κ2) is 7.64. The first kappa shape index (κ1) is 14.4. The van der Waals surface area contributed by atoms with Gasteiger partial charge in [-0.2, -0.15) is 0 Å². The van der Waals surface area contributed by atoms with Crippen molar-refractivity contribution in [3.63, 3.8) is 0 Å². The lowest BCUT2D eigenvalue weighted by molar-refractivity contribution is -0.131. The fraction of sp³-hybridized carbons (Fsp3) is 0.467. The summed E-state index contributed by atoms with van der Waals surface area (Å²) in [5.74, 6) is 0.00896. The number of hydrogen-bond donors (Lipinski definition) is 0. The van der Waals surface area contributed by atoms with Crippen molar-refractivity contribution in [1.29, 1.82) is 0 Å². The maximum absolute atomic E-state index is 12.0. The van der Waals surface area contributed by atoms with E-state index in [2.05, 4.69) is 6.92 Å². The van der Waals surface area contributed by atoms with Crippen molar-refractivity contribution in [3.05, 3.63) is 29.8 Å². The molecule has 0 atom stereocenters. The maximum atomic E-state index is 12.0. The van der Waals surface area contributed by atoms with Gasteiger partial charge in [0.1, 0.15) is 5.75 Å². The number of para-hydroxylation sites is 1. The highest BCUT2D eigenvalue weighted by Gasteiger charge is 2.12. The Kier molecular flexibility index (Phi) is 6.12. The number of carbonyl (C=O) groups excluding carboxylic acids is 2. The molecule has 0 radical (unpaired) electrons. The summed E-state index contributed by atoms with van der Waals surface area (Å²) in [5, 5.41) is 0. The summed E-state index contributed by atoms with van der Waals surface area (Å²) in [6, 6.07) is 6.90. The Labute approximate surface area is 108 Å². The van der Waals surface area contributed by atoms with E-state index in [-0.39, 0.29) is 5.78 Å². The number of Topliss-reactive ketones (excluding diaryl/α,β-unsaturated/α-hetero) is 1. The maximum Gasteiger partial charge on any atom is 0.308 e. The van der Waals surface area contributed by atoms with Gasteiger partial charge >= 0.3 is 5.97 Å². The van der Waals surface area contributed by atoms with Crippen molar-refractivity contribution in [3.8, 4) is 5.75 Å². The minimum Gasteiger partial charge on any atom is -0.426 e. The SMILES string of the molecule is CCCCCCC(=O)c1ccccc1OC(C)=O. The molecular weight excluding hydrogens is 228 g/mol. The summed E-state index contributed by atoms with van der Waals surface area (Å²) in [4.78, 5) is 23.0. The summed E-state index contributed by atoms with van der Waals surface area (Å²) in [6.45, 7) is 3.47.